The Kier molecular flexibility index (Phi) is 4.00. The maximum absolute atomic E-state index is 12.3. The number of para-hydroxylation sites is 2. The topological polar surface area (TPSA) is 63.6 Å². The average molecular weight is 434 g/mol. The molecule has 0 radical (unpaired) electrons. The van der Waals surface area contributed by atoms with Crippen molar-refractivity contribution in [1.82, 2.24) is 0 Å². The minimum absolute atomic E-state index is 0.00712. The normalized spacial score (nSPS) is 12.3. The summed E-state index contributed by atoms with van der Waals surface area (Å²) >= 11 is 0. The highest BCUT2D eigenvalue weighted by atomic mass is 16.4. The van der Waals surface area contributed by atoms with Gasteiger partial charge in [0, 0.05) is 32.7 Å². The molecule has 0 spiro atoms. The number of hydrogen-bond donors (Lipinski definition) is 1. The molecule has 6 aromatic rings. The summed E-state index contributed by atoms with van der Waals surface area (Å²) in [5, 5.41) is 13.7. The summed E-state index contributed by atoms with van der Waals surface area (Å²) in [6, 6.07) is 23.3. The molecule has 0 amide bonds. The number of furan rings is 2. The molecule has 4 heteroatoms. The summed E-state index contributed by atoms with van der Waals surface area (Å²) in [5.74, 6) is -0.986. The SMILES string of the molecule is CC(C)(C)c1ccc2oc3c(-c4c(C(=O)O)ccc5oc6ccccc6c45)cccc3c2c1. The fraction of sp³-hybridized carbons (Fsp3) is 0.138. The summed E-state index contributed by atoms with van der Waals surface area (Å²) in [7, 11) is 0. The summed E-state index contributed by atoms with van der Waals surface area (Å²) in [5.41, 5.74) is 5.65. The van der Waals surface area contributed by atoms with Crippen LogP contribution in [0.25, 0.3) is 55.0 Å². The average Bonchev–Trinajstić information content (AvgIpc) is 3.35. The van der Waals surface area contributed by atoms with Crippen molar-refractivity contribution in [3.05, 3.63) is 83.9 Å². The summed E-state index contributed by atoms with van der Waals surface area (Å²) in [6.07, 6.45) is 0. The molecule has 0 bridgehead atoms. The zero-order valence-corrected chi connectivity index (χ0v) is 18.6. The largest absolute Gasteiger partial charge is 0.478 e. The molecular weight excluding hydrogens is 412 g/mol. The van der Waals surface area contributed by atoms with E-state index in [1.165, 1.54) is 5.56 Å². The van der Waals surface area contributed by atoms with Gasteiger partial charge in [-0.25, -0.2) is 4.79 Å². The van der Waals surface area contributed by atoms with Crippen molar-refractivity contribution in [2.45, 2.75) is 26.2 Å². The van der Waals surface area contributed by atoms with Gasteiger partial charge in [-0.2, -0.15) is 0 Å². The lowest BCUT2D eigenvalue weighted by Gasteiger charge is -2.18. The molecule has 2 aromatic heterocycles. The van der Waals surface area contributed by atoms with Gasteiger partial charge in [0.1, 0.15) is 22.3 Å². The van der Waals surface area contributed by atoms with E-state index in [9.17, 15) is 9.90 Å². The highest BCUT2D eigenvalue weighted by molar-refractivity contribution is 6.20. The molecule has 4 aromatic carbocycles. The third-order valence-electron chi connectivity index (χ3n) is 6.41. The van der Waals surface area contributed by atoms with Gasteiger partial charge >= 0.3 is 5.97 Å². The number of benzene rings is 4. The Morgan fingerprint density at radius 1 is 0.758 bits per heavy atom. The van der Waals surface area contributed by atoms with Crippen LogP contribution < -0.4 is 0 Å². The van der Waals surface area contributed by atoms with E-state index in [1.807, 2.05) is 48.5 Å². The van der Waals surface area contributed by atoms with Gasteiger partial charge < -0.3 is 13.9 Å². The van der Waals surface area contributed by atoms with Crippen molar-refractivity contribution in [3.8, 4) is 11.1 Å². The Morgan fingerprint density at radius 2 is 1.48 bits per heavy atom. The Hall–Kier alpha value is -4.05. The van der Waals surface area contributed by atoms with Crippen LogP contribution in [0, 0.1) is 0 Å². The first-order valence-corrected chi connectivity index (χ1v) is 11.0. The number of rotatable bonds is 2. The van der Waals surface area contributed by atoms with Crippen LogP contribution in [0.4, 0.5) is 0 Å². The van der Waals surface area contributed by atoms with Crippen molar-refractivity contribution in [2.24, 2.45) is 0 Å². The van der Waals surface area contributed by atoms with E-state index in [4.69, 9.17) is 8.83 Å². The van der Waals surface area contributed by atoms with E-state index >= 15 is 0 Å². The highest BCUT2D eigenvalue weighted by Gasteiger charge is 2.23. The van der Waals surface area contributed by atoms with Crippen molar-refractivity contribution in [1.29, 1.82) is 0 Å². The fourth-order valence-corrected chi connectivity index (χ4v) is 4.74. The maximum Gasteiger partial charge on any atom is 0.336 e. The lowest BCUT2D eigenvalue weighted by Crippen LogP contribution is -2.10. The van der Waals surface area contributed by atoms with Crippen molar-refractivity contribution < 1.29 is 18.7 Å². The van der Waals surface area contributed by atoms with Crippen LogP contribution in [0.15, 0.2) is 81.6 Å². The van der Waals surface area contributed by atoms with Gasteiger partial charge in [-0.1, -0.05) is 63.2 Å². The second-order valence-corrected chi connectivity index (χ2v) is 9.51. The first-order chi connectivity index (χ1) is 15.8. The van der Waals surface area contributed by atoms with E-state index in [0.717, 1.165) is 38.3 Å². The molecule has 0 aliphatic heterocycles. The molecule has 6 rings (SSSR count). The number of carboxylic acid groups (broad SMARTS) is 1. The van der Waals surface area contributed by atoms with Crippen LogP contribution in [0.1, 0.15) is 36.7 Å². The molecule has 2 heterocycles. The van der Waals surface area contributed by atoms with Gasteiger partial charge in [0.15, 0.2) is 0 Å². The molecular formula is C29H22O4. The summed E-state index contributed by atoms with van der Waals surface area (Å²) < 4.78 is 12.4. The zero-order chi connectivity index (χ0) is 22.9. The van der Waals surface area contributed by atoms with Gasteiger partial charge in [-0.15, -0.1) is 0 Å². The second kappa shape index (κ2) is 6.72. The van der Waals surface area contributed by atoms with Crippen LogP contribution in [0.5, 0.6) is 0 Å². The molecule has 33 heavy (non-hydrogen) atoms. The van der Waals surface area contributed by atoms with E-state index < -0.39 is 5.97 Å². The Balaban J connectivity index is 1.76. The van der Waals surface area contributed by atoms with Gasteiger partial charge in [-0.3, -0.25) is 0 Å². The second-order valence-electron chi connectivity index (χ2n) is 9.51. The standard InChI is InChI=1S/C29H22O4/c1-29(2,3)16-11-13-23-21(15-16)17-8-6-9-19(27(17)33-23)25-20(28(30)31)12-14-24-26(25)18-7-4-5-10-22(18)32-24/h4-15H,1-3H3,(H,30,31). The van der Waals surface area contributed by atoms with Crippen molar-refractivity contribution in [3.63, 3.8) is 0 Å². The Bertz CT molecular complexity index is 1720. The van der Waals surface area contributed by atoms with Crippen LogP contribution >= 0.6 is 0 Å². The van der Waals surface area contributed by atoms with E-state index in [1.54, 1.807) is 12.1 Å². The lowest BCUT2D eigenvalue weighted by molar-refractivity contribution is 0.0698. The van der Waals surface area contributed by atoms with E-state index in [0.29, 0.717) is 16.7 Å². The minimum atomic E-state index is -0.986. The quantitative estimate of drug-likeness (QED) is 0.299. The van der Waals surface area contributed by atoms with Gasteiger partial charge in [-0.05, 0) is 41.3 Å². The first kappa shape index (κ1) is 19.6. The Morgan fingerprint density at radius 3 is 2.27 bits per heavy atom. The van der Waals surface area contributed by atoms with E-state index in [-0.39, 0.29) is 11.0 Å². The third-order valence-corrected chi connectivity index (χ3v) is 6.41. The van der Waals surface area contributed by atoms with Crippen molar-refractivity contribution in [2.75, 3.05) is 0 Å². The minimum Gasteiger partial charge on any atom is -0.478 e. The van der Waals surface area contributed by atoms with Crippen molar-refractivity contribution >= 4 is 49.8 Å². The summed E-state index contributed by atoms with van der Waals surface area (Å²) in [6.45, 7) is 6.56. The van der Waals surface area contributed by atoms with Gasteiger partial charge in [0.2, 0.25) is 0 Å². The smallest absolute Gasteiger partial charge is 0.336 e. The molecule has 0 atom stereocenters. The van der Waals surface area contributed by atoms with E-state index in [2.05, 4.69) is 32.9 Å². The van der Waals surface area contributed by atoms with Crippen LogP contribution in [0.2, 0.25) is 0 Å². The Labute approximate surface area is 190 Å². The van der Waals surface area contributed by atoms with Gasteiger partial charge in [0.25, 0.3) is 0 Å². The fourth-order valence-electron chi connectivity index (χ4n) is 4.74. The van der Waals surface area contributed by atoms with Gasteiger partial charge in [0.05, 0.1) is 5.56 Å². The maximum atomic E-state index is 12.3. The predicted molar refractivity (Wildman–Crippen MR) is 132 cm³/mol. The van der Waals surface area contributed by atoms with Crippen LogP contribution in [-0.4, -0.2) is 11.1 Å². The number of aromatic carboxylic acids is 1. The molecule has 162 valence electrons. The molecule has 0 saturated carbocycles. The van der Waals surface area contributed by atoms with Crippen LogP contribution in [0.3, 0.4) is 0 Å². The predicted octanol–water partition coefficient (Wildman–Crippen LogP) is 8.15. The number of carbonyl (C=O) groups is 1. The molecule has 1 N–H and O–H groups in total. The molecule has 0 aliphatic rings. The molecule has 0 fully saturated rings. The van der Waals surface area contributed by atoms with Crippen LogP contribution in [-0.2, 0) is 5.41 Å². The summed E-state index contributed by atoms with van der Waals surface area (Å²) in [4.78, 5) is 12.3. The molecule has 0 saturated heterocycles. The highest BCUT2D eigenvalue weighted by Crippen LogP contribution is 2.43. The lowest BCUT2D eigenvalue weighted by atomic mass is 9.86. The molecule has 4 nitrogen and oxygen atoms in total. The molecule has 0 aliphatic carbocycles. The molecule has 0 unspecified atom stereocenters. The third kappa shape index (κ3) is 2.87. The number of fused-ring (bicyclic) bond motifs is 6. The number of carboxylic acids is 1. The first-order valence-electron chi connectivity index (χ1n) is 11.0. The zero-order valence-electron chi connectivity index (χ0n) is 18.6. The monoisotopic (exact) mass is 434 g/mol. The number of hydrogen-bond acceptors (Lipinski definition) is 3.